The van der Waals surface area contributed by atoms with Gasteiger partial charge in [-0.15, -0.1) is 11.3 Å². The van der Waals surface area contributed by atoms with E-state index in [1.165, 1.54) is 17.0 Å². The molecule has 0 fully saturated rings. The molecule has 2 heterocycles. The summed E-state index contributed by atoms with van der Waals surface area (Å²) in [6, 6.07) is 10.3. The summed E-state index contributed by atoms with van der Waals surface area (Å²) in [5, 5.41) is 13.0. The van der Waals surface area contributed by atoms with Gasteiger partial charge in [0.2, 0.25) is 0 Å². The maximum absolute atomic E-state index is 13.0. The fraction of sp³-hybridized carbons (Fsp3) is 0.211. The smallest absolute Gasteiger partial charge is 0.272 e. The molecule has 0 saturated heterocycles. The van der Waals surface area contributed by atoms with Gasteiger partial charge in [0.05, 0.1) is 17.4 Å². The van der Waals surface area contributed by atoms with E-state index in [0.717, 1.165) is 12.0 Å². The number of aryl methyl sites for hydroxylation is 1. The van der Waals surface area contributed by atoms with Gasteiger partial charge in [-0.05, 0) is 43.0 Å². The average Bonchev–Trinajstić information content (AvgIpc) is 3.31. The molecule has 1 amide bonds. The third-order valence-electron chi connectivity index (χ3n) is 4.09. The molecule has 3 aromatic rings. The first-order valence-electron chi connectivity index (χ1n) is 8.12. The van der Waals surface area contributed by atoms with Crippen molar-refractivity contribution in [1.29, 1.82) is 0 Å². The summed E-state index contributed by atoms with van der Waals surface area (Å²) in [5.74, 6) is -0.152. The number of carbonyl (C=O) groups excluding carboxylic acids is 1. The van der Waals surface area contributed by atoms with Crippen LogP contribution >= 0.6 is 11.3 Å². The second kappa shape index (κ2) is 7.97. The minimum Gasteiger partial charge on any atom is -0.472 e. The molecule has 134 valence electrons. The molecule has 0 aliphatic heterocycles. The van der Waals surface area contributed by atoms with Crippen LogP contribution in [0.3, 0.4) is 0 Å². The number of nitro benzene ring substituents is 1. The topological polar surface area (TPSA) is 76.6 Å². The monoisotopic (exact) mass is 370 g/mol. The van der Waals surface area contributed by atoms with Crippen molar-refractivity contribution in [2.24, 2.45) is 0 Å². The number of thiophene rings is 1. The molecular weight excluding hydrogens is 352 g/mol. The van der Waals surface area contributed by atoms with Crippen LogP contribution in [0.4, 0.5) is 5.69 Å². The van der Waals surface area contributed by atoms with Gasteiger partial charge in [-0.25, -0.2) is 0 Å². The fourth-order valence-corrected chi connectivity index (χ4v) is 3.43. The van der Waals surface area contributed by atoms with E-state index in [4.69, 9.17) is 4.42 Å². The fourth-order valence-electron chi connectivity index (χ4n) is 2.73. The Morgan fingerprint density at radius 1 is 1.31 bits per heavy atom. The first-order valence-corrected chi connectivity index (χ1v) is 9.00. The number of nitrogens with zero attached hydrogens (tertiary/aromatic N) is 2. The van der Waals surface area contributed by atoms with Gasteiger partial charge in [-0.2, -0.15) is 0 Å². The normalized spacial score (nSPS) is 10.7. The Balaban J connectivity index is 1.81. The molecule has 0 unspecified atom stereocenters. The number of furan rings is 1. The molecular formula is C19H18N2O4S. The molecule has 0 aliphatic carbocycles. The van der Waals surface area contributed by atoms with Gasteiger partial charge in [-0.1, -0.05) is 6.07 Å². The van der Waals surface area contributed by atoms with E-state index < -0.39 is 4.92 Å². The van der Waals surface area contributed by atoms with Gasteiger partial charge in [0.25, 0.3) is 11.6 Å². The van der Waals surface area contributed by atoms with Crippen molar-refractivity contribution in [2.75, 3.05) is 6.54 Å². The summed E-state index contributed by atoms with van der Waals surface area (Å²) < 4.78 is 5.10. The maximum Gasteiger partial charge on any atom is 0.272 e. The van der Waals surface area contributed by atoms with Crippen molar-refractivity contribution in [1.82, 2.24) is 4.90 Å². The Morgan fingerprint density at radius 2 is 2.15 bits per heavy atom. The second-order valence-electron chi connectivity index (χ2n) is 5.95. The summed E-state index contributed by atoms with van der Waals surface area (Å²) in [4.78, 5) is 26.5. The lowest BCUT2D eigenvalue weighted by Gasteiger charge is -2.22. The van der Waals surface area contributed by atoms with Crippen LogP contribution < -0.4 is 0 Å². The number of benzene rings is 1. The van der Waals surface area contributed by atoms with Crippen LogP contribution in [-0.4, -0.2) is 22.3 Å². The summed E-state index contributed by atoms with van der Waals surface area (Å²) in [6.07, 6.45) is 3.95. The van der Waals surface area contributed by atoms with Crippen LogP contribution in [0.5, 0.6) is 0 Å². The predicted molar refractivity (Wildman–Crippen MR) is 99.3 cm³/mol. The first kappa shape index (κ1) is 17.9. The Hall–Kier alpha value is -2.93. The molecule has 3 rings (SSSR count). The zero-order valence-corrected chi connectivity index (χ0v) is 15.1. The van der Waals surface area contributed by atoms with Crippen molar-refractivity contribution in [3.05, 3.63) is 86.0 Å². The summed E-state index contributed by atoms with van der Waals surface area (Å²) >= 11 is 1.66. The molecule has 0 bridgehead atoms. The second-order valence-corrected chi connectivity index (χ2v) is 6.98. The van der Waals surface area contributed by atoms with Crippen LogP contribution in [-0.2, 0) is 13.0 Å². The van der Waals surface area contributed by atoms with Gasteiger partial charge in [-0.3, -0.25) is 14.9 Å². The van der Waals surface area contributed by atoms with Gasteiger partial charge in [0, 0.05) is 40.7 Å². The number of amides is 1. The molecule has 26 heavy (non-hydrogen) atoms. The van der Waals surface area contributed by atoms with E-state index in [-0.39, 0.29) is 11.6 Å². The highest BCUT2D eigenvalue weighted by molar-refractivity contribution is 7.09. The van der Waals surface area contributed by atoms with Crippen LogP contribution in [0, 0.1) is 17.0 Å². The number of nitro groups is 1. The van der Waals surface area contributed by atoms with E-state index >= 15 is 0 Å². The minimum absolute atomic E-state index is 0.0153. The Morgan fingerprint density at radius 3 is 2.77 bits per heavy atom. The lowest BCUT2D eigenvalue weighted by atomic mass is 10.1. The van der Waals surface area contributed by atoms with Crippen LogP contribution in [0.2, 0.25) is 0 Å². The van der Waals surface area contributed by atoms with Crippen LogP contribution in [0.15, 0.2) is 58.7 Å². The Bertz CT molecular complexity index is 888. The summed E-state index contributed by atoms with van der Waals surface area (Å²) in [6.45, 7) is 2.62. The standard InChI is InChI=1S/C19H18N2O4S/c1-14-11-16(4-5-18(14)21(23)24)19(22)20(12-15-7-9-25-13-15)8-6-17-3-2-10-26-17/h2-5,7,9-11,13H,6,8,12H2,1H3. The van der Waals surface area contributed by atoms with E-state index in [1.807, 2.05) is 23.6 Å². The zero-order chi connectivity index (χ0) is 18.5. The lowest BCUT2D eigenvalue weighted by Crippen LogP contribution is -2.32. The molecule has 0 N–H and O–H groups in total. The SMILES string of the molecule is Cc1cc(C(=O)N(CCc2cccs2)Cc2ccoc2)ccc1[N+](=O)[O-]. The van der Waals surface area contributed by atoms with Crippen molar-refractivity contribution in [3.8, 4) is 0 Å². The highest BCUT2D eigenvalue weighted by Crippen LogP contribution is 2.21. The highest BCUT2D eigenvalue weighted by atomic mass is 32.1. The molecule has 0 spiro atoms. The highest BCUT2D eigenvalue weighted by Gasteiger charge is 2.19. The average molecular weight is 370 g/mol. The predicted octanol–water partition coefficient (Wildman–Crippen LogP) is 4.44. The maximum atomic E-state index is 13.0. The van der Waals surface area contributed by atoms with E-state index in [2.05, 4.69) is 0 Å². The van der Waals surface area contributed by atoms with Crippen molar-refractivity contribution in [3.63, 3.8) is 0 Å². The van der Waals surface area contributed by atoms with Gasteiger partial charge in [0.15, 0.2) is 0 Å². The number of carbonyl (C=O) groups is 1. The molecule has 0 saturated carbocycles. The van der Waals surface area contributed by atoms with Crippen LogP contribution in [0.25, 0.3) is 0 Å². The lowest BCUT2D eigenvalue weighted by molar-refractivity contribution is -0.385. The van der Waals surface area contributed by atoms with Crippen molar-refractivity contribution >= 4 is 22.9 Å². The van der Waals surface area contributed by atoms with E-state index in [0.29, 0.717) is 24.2 Å². The van der Waals surface area contributed by atoms with Gasteiger partial charge >= 0.3 is 0 Å². The van der Waals surface area contributed by atoms with Crippen molar-refractivity contribution < 1.29 is 14.1 Å². The third kappa shape index (κ3) is 4.18. The van der Waals surface area contributed by atoms with Gasteiger partial charge in [0.1, 0.15) is 0 Å². The number of hydrogen-bond acceptors (Lipinski definition) is 5. The zero-order valence-electron chi connectivity index (χ0n) is 14.3. The van der Waals surface area contributed by atoms with Crippen LogP contribution in [0.1, 0.15) is 26.4 Å². The third-order valence-corrected chi connectivity index (χ3v) is 5.03. The summed E-state index contributed by atoms with van der Waals surface area (Å²) in [5.41, 5.74) is 1.84. The molecule has 0 aliphatic rings. The molecule has 7 heteroatoms. The quantitative estimate of drug-likeness (QED) is 0.455. The Kier molecular flexibility index (Phi) is 5.48. The largest absolute Gasteiger partial charge is 0.472 e. The number of hydrogen-bond donors (Lipinski definition) is 0. The van der Waals surface area contributed by atoms with Crippen molar-refractivity contribution in [2.45, 2.75) is 19.9 Å². The molecule has 2 aromatic heterocycles. The minimum atomic E-state index is -0.441. The number of rotatable bonds is 7. The summed E-state index contributed by atoms with van der Waals surface area (Å²) in [7, 11) is 0. The molecule has 1 aromatic carbocycles. The first-order chi connectivity index (χ1) is 12.5. The Labute approximate surface area is 154 Å². The van der Waals surface area contributed by atoms with Gasteiger partial charge < -0.3 is 9.32 Å². The molecule has 0 atom stereocenters. The molecule has 6 nitrogen and oxygen atoms in total. The van der Waals surface area contributed by atoms with E-state index in [1.54, 1.807) is 41.8 Å². The molecule has 0 radical (unpaired) electrons. The van der Waals surface area contributed by atoms with E-state index in [9.17, 15) is 14.9 Å².